The van der Waals surface area contributed by atoms with Gasteiger partial charge in [-0.1, -0.05) is 107 Å². The molecule has 0 heterocycles. The Kier molecular flexibility index (Phi) is 16.8. The van der Waals surface area contributed by atoms with Gasteiger partial charge < -0.3 is 9.47 Å². The predicted molar refractivity (Wildman–Crippen MR) is 134 cm³/mol. The van der Waals surface area contributed by atoms with Gasteiger partial charge in [0.25, 0.3) is 0 Å². The molecule has 32 heavy (non-hydrogen) atoms. The topological polar surface area (TPSA) is 52.6 Å². The zero-order chi connectivity index (χ0) is 24.2. The molecule has 0 aromatic heterocycles. The van der Waals surface area contributed by atoms with Crippen LogP contribution in [0.3, 0.4) is 0 Å². The largest absolute Gasteiger partial charge is 0.466 e. The van der Waals surface area contributed by atoms with Crippen molar-refractivity contribution in [1.82, 2.24) is 0 Å². The molecule has 0 saturated carbocycles. The third-order valence-electron chi connectivity index (χ3n) is 4.64. The van der Waals surface area contributed by atoms with E-state index >= 15 is 0 Å². The van der Waals surface area contributed by atoms with Crippen molar-refractivity contribution in [2.24, 2.45) is 5.92 Å². The zero-order valence-electron chi connectivity index (χ0n) is 19.8. The van der Waals surface area contributed by atoms with Crippen LogP contribution in [0.1, 0.15) is 51.5 Å². The molecule has 4 nitrogen and oxygen atoms in total. The molecule has 0 radical (unpaired) electrons. The molecule has 1 rings (SSSR count). The van der Waals surface area contributed by atoms with E-state index in [0.717, 1.165) is 18.4 Å². The Bertz CT molecular complexity index is 772. The van der Waals surface area contributed by atoms with Gasteiger partial charge in [-0.15, -0.1) is 0 Å². The predicted octanol–water partition coefficient (Wildman–Crippen LogP) is 6.86. The van der Waals surface area contributed by atoms with Gasteiger partial charge in [-0.3, -0.25) is 0 Å². The van der Waals surface area contributed by atoms with Crippen LogP contribution in [-0.4, -0.2) is 25.7 Å². The fraction of sp³-hybridized carbons (Fsp3) is 0.357. The number of hydrogen-bond acceptors (Lipinski definition) is 4. The summed E-state index contributed by atoms with van der Waals surface area (Å²) in [5.41, 5.74) is 1.94. The van der Waals surface area contributed by atoms with Crippen LogP contribution >= 0.6 is 0 Å². The van der Waals surface area contributed by atoms with Crippen LogP contribution in [0.25, 0.3) is 6.08 Å². The van der Waals surface area contributed by atoms with Crippen molar-refractivity contribution in [3.8, 4) is 0 Å². The van der Waals surface area contributed by atoms with Crippen molar-refractivity contribution in [2.75, 3.05) is 13.7 Å². The lowest BCUT2D eigenvalue weighted by Gasteiger charge is -2.14. The van der Waals surface area contributed by atoms with E-state index in [1.54, 1.807) is 18.2 Å². The van der Waals surface area contributed by atoms with Crippen molar-refractivity contribution in [2.45, 2.75) is 46.0 Å². The molecule has 0 amide bonds. The van der Waals surface area contributed by atoms with Crippen LogP contribution in [-0.2, 0) is 19.1 Å². The average Bonchev–Trinajstić information content (AvgIpc) is 2.82. The SMILES string of the molecule is C=C(CC=Cc1ccccc1)C(=O)OC.C=CC=CC(=C)C(=O)OCC(CC)CCCC. The lowest BCUT2D eigenvalue weighted by Crippen LogP contribution is -2.14. The third-order valence-corrected chi connectivity index (χ3v) is 4.64. The minimum atomic E-state index is -0.354. The van der Waals surface area contributed by atoms with Crippen molar-refractivity contribution >= 4 is 18.0 Å². The molecule has 0 aliphatic heterocycles. The molecule has 1 atom stereocenters. The Morgan fingerprint density at radius 2 is 1.78 bits per heavy atom. The summed E-state index contributed by atoms with van der Waals surface area (Å²) < 4.78 is 9.77. The van der Waals surface area contributed by atoms with Crippen molar-refractivity contribution < 1.29 is 19.1 Å². The second kappa shape index (κ2) is 18.6. The van der Waals surface area contributed by atoms with Gasteiger partial charge in [-0.05, 0) is 30.4 Å². The van der Waals surface area contributed by atoms with E-state index in [4.69, 9.17) is 4.74 Å². The number of esters is 2. The summed E-state index contributed by atoms with van der Waals surface area (Å²) in [6, 6.07) is 9.89. The van der Waals surface area contributed by atoms with Gasteiger partial charge in [0.2, 0.25) is 0 Å². The van der Waals surface area contributed by atoms with Gasteiger partial charge in [-0.2, -0.15) is 0 Å². The number of unbranched alkanes of at least 4 members (excludes halogenated alkanes) is 1. The molecule has 1 aromatic rings. The highest BCUT2D eigenvalue weighted by molar-refractivity contribution is 5.90. The van der Waals surface area contributed by atoms with Crippen molar-refractivity contribution in [3.05, 3.63) is 91.1 Å². The van der Waals surface area contributed by atoms with Crippen molar-refractivity contribution in [3.63, 3.8) is 0 Å². The summed E-state index contributed by atoms with van der Waals surface area (Å²) in [4.78, 5) is 22.5. The minimum absolute atomic E-state index is 0.335. The van der Waals surface area contributed by atoms with E-state index in [9.17, 15) is 9.59 Å². The Morgan fingerprint density at radius 3 is 2.34 bits per heavy atom. The summed E-state index contributed by atoms with van der Waals surface area (Å²) in [5.74, 6) is -0.221. The van der Waals surface area contributed by atoms with Gasteiger partial charge in [-0.25, -0.2) is 9.59 Å². The normalized spacial score (nSPS) is 11.3. The Hall–Kier alpha value is -3.14. The third kappa shape index (κ3) is 14.0. The maximum absolute atomic E-state index is 11.5. The standard InChI is InChI=1S/C15H24O2.C13H14O2/c1-5-8-10-13(4)15(16)17-12-14(7-3)11-9-6-2;1-11(13(14)15-2)7-6-10-12-8-4-3-5-9-12/h5,8,10,14H,1,4,6-7,9,11-12H2,2-3H3;3-6,8-10H,1,7H2,2H3. The van der Waals surface area contributed by atoms with Gasteiger partial charge in [0, 0.05) is 5.57 Å². The number of hydrogen-bond donors (Lipinski definition) is 0. The van der Waals surface area contributed by atoms with Crippen LogP contribution in [0.5, 0.6) is 0 Å². The van der Waals surface area contributed by atoms with Crippen LogP contribution in [0, 0.1) is 5.92 Å². The number of carbonyl (C=O) groups excluding carboxylic acids is 2. The average molecular weight is 439 g/mol. The smallest absolute Gasteiger partial charge is 0.337 e. The summed E-state index contributed by atoms with van der Waals surface area (Å²) in [6.45, 7) is 15.6. The first kappa shape index (κ1) is 28.9. The molecule has 0 aliphatic carbocycles. The molecule has 0 bridgehead atoms. The number of allylic oxidation sites excluding steroid dienone is 3. The lowest BCUT2D eigenvalue weighted by atomic mass is 10.0. The van der Waals surface area contributed by atoms with E-state index in [1.165, 1.54) is 20.0 Å². The molecule has 174 valence electrons. The molecule has 0 spiro atoms. The van der Waals surface area contributed by atoms with Gasteiger partial charge in [0.05, 0.1) is 19.3 Å². The molecule has 0 aliphatic rings. The second-order valence-corrected chi connectivity index (χ2v) is 7.25. The first-order valence-corrected chi connectivity index (χ1v) is 11.0. The monoisotopic (exact) mass is 438 g/mol. The molecule has 4 heteroatoms. The van der Waals surface area contributed by atoms with Crippen LogP contribution in [0.15, 0.2) is 85.5 Å². The quantitative estimate of drug-likeness (QED) is 0.192. The molecule has 0 fully saturated rings. The summed E-state index contributed by atoms with van der Waals surface area (Å²) in [7, 11) is 1.36. The van der Waals surface area contributed by atoms with E-state index in [-0.39, 0.29) is 11.9 Å². The van der Waals surface area contributed by atoms with Gasteiger partial charge in [0.15, 0.2) is 0 Å². The highest BCUT2D eigenvalue weighted by Crippen LogP contribution is 2.13. The Morgan fingerprint density at radius 1 is 1.09 bits per heavy atom. The zero-order valence-corrected chi connectivity index (χ0v) is 19.8. The van der Waals surface area contributed by atoms with Crippen LogP contribution in [0.2, 0.25) is 0 Å². The van der Waals surface area contributed by atoms with E-state index in [0.29, 0.717) is 30.1 Å². The van der Waals surface area contributed by atoms with Gasteiger partial charge in [0.1, 0.15) is 0 Å². The molecular weight excluding hydrogens is 400 g/mol. The number of carbonyl (C=O) groups is 2. The maximum Gasteiger partial charge on any atom is 0.337 e. The Labute approximate surface area is 194 Å². The maximum atomic E-state index is 11.5. The van der Waals surface area contributed by atoms with E-state index in [1.807, 2.05) is 42.5 Å². The minimum Gasteiger partial charge on any atom is -0.466 e. The van der Waals surface area contributed by atoms with Gasteiger partial charge >= 0.3 is 11.9 Å². The van der Waals surface area contributed by atoms with E-state index in [2.05, 4.69) is 38.3 Å². The highest BCUT2D eigenvalue weighted by Gasteiger charge is 2.10. The first-order valence-electron chi connectivity index (χ1n) is 11.0. The molecular formula is C28H38O4. The Balaban J connectivity index is 0.000000604. The molecule has 1 aromatic carbocycles. The number of rotatable bonds is 13. The van der Waals surface area contributed by atoms with Crippen molar-refractivity contribution in [1.29, 1.82) is 0 Å². The summed E-state index contributed by atoms with van der Waals surface area (Å²) in [6.07, 6.45) is 13.8. The molecule has 0 N–H and O–H groups in total. The van der Waals surface area contributed by atoms with Crippen LogP contribution < -0.4 is 0 Å². The van der Waals surface area contributed by atoms with E-state index < -0.39 is 0 Å². The first-order chi connectivity index (χ1) is 15.4. The molecule has 0 saturated heterocycles. The number of methoxy groups -OCH3 is 1. The molecule has 1 unspecified atom stereocenters. The number of ether oxygens (including phenoxy) is 2. The lowest BCUT2D eigenvalue weighted by molar-refractivity contribution is -0.140. The fourth-order valence-corrected chi connectivity index (χ4v) is 2.57. The fourth-order valence-electron chi connectivity index (χ4n) is 2.57. The second-order valence-electron chi connectivity index (χ2n) is 7.25. The van der Waals surface area contributed by atoms with Crippen LogP contribution in [0.4, 0.5) is 0 Å². The summed E-state index contributed by atoms with van der Waals surface area (Å²) in [5, 5.41) is 0. The number of benzene rings is 1. The summed E-state index contributed by atoms with van der Waals surface area (Å²) >= 11 is 0. The highest BCUT2D eigenvalue weighted by atomic mass is 16.5.